The molecule has 1 amide bonds. The average Bonchev–Trinajstić information content (AvgIpc) is 2.52. The summed E-state index contributed by atoms with van der Waals surface area (Å²) < 4.78 is 0. The van der Waals surface area contributed by atoms with Crippen LogP contribution in [0.4, 0.5) is 0 Å². The Kier molecular flexibility index (Phi) is 3.74. The lowest BCUT2D eigenvalue weighted by atomic mass is 10.0. The van der Waals surface area contributed by atoms with Gasteiger partial charge < -0.3 is 5.32 Å². The summed E-state index contributed by atoms with van der Waals surface area (Å²) >= 11 is 0. The van der Waals surface area contributed by atoms with Crippen LogP contribution < -0.4 is 10.8 Å². The lowest BCUT2D eigenvalue weighted by Crippen LogP contribution is -2.43. The molecular weight excluding hydrogens is 168 g/mol. The van der Waals surface area contributed by atoms with Crippen LogP contribution in [-0.2, 0) is 9.63 Å². The van der Waals surface area contributed by atoms with Crippen molar-refractivity contribution < 1.29 is 9.63 Å². The van der Waals surface area contributed by atoms with Crippen molar-refractivity contribution in [3.63, 3.8) is 0 Å². The van der Waals surface area contributed by atoms with Crippen LogP contribution in [-0.4, -0.2) is 25.1 Å². The van der Waals surface area contributed by atoms with E-state index in [4.69, 9.17) is 11.3 Å². The maximum atomic E-state index is 11.4. The molecule has 4 heteroatoms. The first-order valence-corrected chi connectivity index (χ1v) is 4.34. The summed E-state index contributed by atoms with van der Waals surface area (Å²) in [7, 11) is 0. The van der Waals surface area contributed by atoms with Crippen LogP contribution in [0.5, 0.6) is 0 Å². The van der Waals surface area contributed by atoms with Crippen LogP contribution in [0.25, 0.3) is 0 Å². The van der Waals surface area contributed by atoms with Gasteiger partial charge in [0, 0.05) is 0 Å². The van der Waals surface area contributed by atoms with Crippen LogP contribution in [0.1, 0.15) is 13.3 Å². The average molecular weight is 182 g/mol. The molecule has 2 N–H and O–H groups in total. The Hall–Kier alpha value is -1.05. The molecule has 2 unspecified atom stereocenters. The van der Waals surface area contributed by atoms with E-state index in [1.807, 2.05) is 6.92 Å². The van der Waals surface area contributed by atoms with Crippen molar-refractivity contribution in [2.75, 3.05) is 13.2 Å². The molecule has 1 aliphatic rings. The topological polar surface area (TPSA) is 50.4 Å². The zero-order valence-electron chi connectivity index (χ0n) is 7.67. The normalized spacial score (nSPS) is 26.8. The fourth-order valence-corrected chi connectivity index (χ4v) is 1.40. The van der Waals surface area contributed by atoms with Gasteiger partial charge in [0.25, 0.3) is 5.91 Å². The van der Waals surface area contributed by atoms with Crippen molar-refractivity contribution in [2.45, 2.75) is 19.4 Å². The van der Waals surface area contributed by atoms with Gasteiger partial charge in [-0.2, -0.15) is 0 Å². The largest absolute Gasteiger partial charge is 0.306 e. The first-order chi connectivity index (χ1) is 6.25. The Bertz CT molecular complexity index is 222. The Balaban J connectivity index is 2.27. The van der Waals surface area contributed by atoms with Crippen molar-refractivity contribution in [2.24, 2.45) is 5.92 Å². The van der Waals surface area contributed by atoms with Gasteiger partial charge >= 0.3 is 0 Å². The van der Waals surface area contributed by atoms with Crippen LogP contribution >= 0.6 is 0 Å². The van der Waals surface area contributed by atoms with E-state index in [2.05, 4.69) is 16.7 Å². The summed E-state index contributed by atoms with van der Waals surface area (Å²) in [5.41, 5.74) is 2.31. The van der Waals surface area contributed by atoms with E-state index in [0.29, 0.717) is 5.92 Å². The maximum Gasteiger partial charge on any atom is 0.260 e. The highest BCUT2D eigenvalue weighted by Crippen LogP contribution is 2.13. The molecule has 13 heavy (non-hydrogen) atoms. The van der Waals surface area contributed by atoms with E-state index in [-0.39, 0.29) is 18.6 Å². The molecule has 0 saturated carbocycles. The summed E-state index contributed by atoms with van der Waals surface area (Å²) in [6.45, 7) is 3.02. The number of carbonyl (C=O) groups is 1. The van der Waals surface area contributed by atoms with Gasteiger partial charge in [0.05, 0.1) is 6.04 Å². The Morgan fingerprint density at radius 2 is 2.62 bits per heavy atom. The van der Waals surface area contributed by atoms with E-state index >= 15 is 0 Å². The highest BCUT2D eigenvalue weighted by Gasteiger charge is 2.29. The van der Waals surface area contributed by atoms with Gasteiger partial charge in [0.2, 0.25) is 0 Å². The Labute approximate surface area is 78.0 Å². The standard InChI is InChI=1S/C9H14N2O2/c1-3-6-13-11-9(12)8-7(2)4-5-10-8/h1,7-8,10H,4-6H2,2H3,(H,11,12). The van der Waals surface area contributed by atoms with Gasteiger partial charge in [-0.15, -0.1) is 6.42 Å². The molecule has 72 valence electrons. The molecule has 2 atom stereocenters. The molecule has 0 radical (unpaired) electrons. The van der Waals surface area contributed by atoms with E-state index in [9.17, 15) is 4.79 Å². The van der Waals surface area contributed by atoms with Gasteiger partial charge in [-0.25, -0.2) is 5.48 Å². The van der Waals surface area contributed by atoms with Crippen molar-refractivity contribution in [3.05, 3.63) is 0 Å². The molecule has 4 nitrogen and oxygen atoms in total. The lowest BCUT2D eigenvalue weighted by molar-refractivity contribution is -0.135. The smallest absolute Gasteiger partial charge is 0.260 e. The number of hydroxylamine groups is 1. The third-order valence-corrected chi connectivity index (χ3v) is 2.14. The van der Waals surface area contributed by atoms with Gasteiger partial charge in [-0.05, 0) is 18.9 Å². The number of amides is 1. The summed E-state index contributed by atoms with van der Waals surface area (Å²) in [6.07, 6.45) is 5.97. The number of terminal acetylenes is 1. The SMILES string of the molecule is C#CCONC(=O)C1NCCC1C. The number of rotatable bonds is 3. The van der Waals surface area contributed by atoms with Gasteiger partial charge in [0.15, 0.2) is 0 Å². The van der Waals surface area contributed by atoms with Crippen LogP contribution in [0.3, 0.4) is 0 Å². The third kappa shape index (κ3) is 2.72. The predicted octanol–water partition coefficient (Wildman–Crippen LogP) is -0.335. The Morgan fingerprint density at radius 1 is 1.85 bits per heavy atom. The fraction of sp³-hybridized carbons (Fsp3) is 0.667. The lowest BCUT2D eigenvalue weighted by Gasteiger charge is -2.14. The molecule has 1 saturated heterocycles. The summed E-state index contributed by atoms with van der Waals surface area (Å²) in [5.74, 6) is 2.48. The minimum Gasteiger partial charge on any atom is -0.306 e. The van der Waals surface area contributed by atoms with E-state index in [1.54, 1.807) is 0 Å². The van der Waals surface area contributed by atoms with Crippen LogP contribution in [0.2, 0.25) is 0 Å². The molecular formula is C9H14N2O2. The van der Waals surface area contributed by atoms with Gasteiger partial charge in [0.1, 0.15) is 6.61 Å². The molecule has 1 aliphatic heterocycles. The monoisotopic (exact) mass is 182 g/mol. The second-order valence-electron chi connectivity index (χ2n) is 3.16. The quantitative estimate of drug-likeness (QED) is 0.357. The van der Waals surface area contributed by atoms with Crippen molar-refractivity contribution in [1.82, 2.24) is 10.8 Å². The second kappa shape index (κ2) is 4.85. The zero-order chi connectivity index (χ0) is 9.68. The highest BCUT2D eigenvalue weighted by molar-refractivity contribution is 5.81. The molecule has 1 heterocycles. The summed E-state index contributed by atoms with van der Waals surface area (Å²) in [5, 5.41) is 3.09. The highest BCUT2D eigenvalue weighted by atomic mass is 16.6. The molecule has 1 rings (SSSR count). The minimum absolute atomic E-state index is 0.104. The first-order valence-electron chi connectivity index (χ1n) is 4.34. The van der Waals surface area contributed by atoms with E-state index < -0.39 is 0 Å². The molecule has 0 aromatic rings. The van der Waals surface area contributed by atoms with E-state index in [1.165, 1.54) is 0 Å². The molecule has 0 aromatic carbocycles. The van der Waals surface area contributed by atoms with Crippen LogP contribution in [0.15, 0.2) is 0 Å². The number of hydrogen-bond donors (Lipinski definition) is 2. The van der Waals surface area contributed by atoms with E-state index in [0.717, 1.165) is 13.0 Å². The zero-order valence-corrected chi connectivity index (χ0v) is 7.67. The van der Waals surface area contributed by atoms with Crippen molar-refractivity contribution in [3.8, 4) is 12.3 Å². The molecule has 1 fully saturated rings. The number of hydrogen-bond acceptors (Lipinski definition) is 3. The van der Waals surface area contributed by atoms with Crippen molar-refractivity contribution in [1.29, 1.82) is 0 Å². The first kappa shape index (κ1) is 10.0. The summed E-state index contributed by atoms with van der Waals surface area (Å²) in [4.78, 5) is 16.1. The van der Waals surface area contributed by atoms with Gasteiger partial charge in [-0.3, -0.25) is 9.63 Å². The summed E-state index contributed by atoms with van der Waals surface area (Å²) in [6, 6.07) is -0.141. The number of carbonyl (C=O) groups excluding carboxylic acids is 1. The predicted molar refractivity (Wildman–Crippen MR) is 48.5 cm³/mol. The fourth-order valence-electron chi connectivity index (χ4n) is 1.40. The minimum atomic E-state index is -0.141. The molecule has 0 aliphatic carbocycles. The maximum absolute atomic E-state index is 11.4. The second-order valence-corrected chi connectivity index (χ2v) is 3.16. The molecule has 0 spiro atoms. The van der Waals surface area contributed by atoms with Crippen LogP contribution in [0, 0.1) is 18.3 Å². The van der Waals surface area contributed by atoms with Gasteiger partial charge in [-0.1, -0.05) is 12.8 Å². The molecule has 0 bridgehead atoms. The van der Waals surface area contributed by atoms with Crippen molar-refractivity contribution >= 4 is 5.91 Å². The Morgan fingerprint density at radius 3 is 3.15 bits per heavy atom. The number of nitrogens with one attached hydrogen (secondary N) is 2. The molecule has 0 aromatic heterocycles. The third-order valence-electron chi connectivity index (χ3n) is 2.14.